The van der Waals surface area contributed by atoms with Gasteiger partial charge in [-0.05, 0) is 12.8 Å². The molecule has 0 bridgehead atoms. The second kappa shape index (κ2) is 8.45. The summed E-state index contributed by atoms with van der Waals surface area (Å²) < 4.78 is 0. The van der Waals surface area contributed by atoms with Gasteiger partial charge < -0.3 is 15.3 Å². The highest BCUT2D eigenvalue weighted by molar-refractivity contribution is 4.93. The van der Waals surface area contributed by atoms with E-state index in [0.717, 1.165) is 6.54 Å². The number of β-amino-alcohol motifs (C(OH)–C–C–N with tert-alkyl or cyclic N) is 1. The summed E-state index contributed by atoms with van der Waals surface area (Å²) >= 11 is 0. The maximum absolute atomic E-state index is 8.91. The lowest BCUT2D eigenvalue weighted by atomic mass is 10.1. The molecule has 0 aliphatic carbocycles. The number of aliphatic hydroxyl groups is 1. The van der Waals surface area contributed by atoms with Gasteiger partial charge in [0.2, 0.25) is 0 Å². The molecule has 0 radical (unpaired) electrons. The Kier molecular flexibility index (Phi) is 7.06. The number of hydrogen-bond acceptors (Lipinski definition) is 3. The van der Waals surface area contributed by atoms with E-state index in [2.05, 4.69) is 17.1 Å². The van der Waals surface area contributed by atoms with Crippen molar-refractivity contribution in [3.05, 3.63) is 12.4 Å². The topological polar surface area (TPSA) is 35.5 Å². The van der Waals surface area contributed by atoms with Crippen molar-refractivity contribution < 1.29 is 5.11 Å². The second-order valence-corrected chi connectivity index (χ2v) is 4.52. The third-order valence-electron chi connectivity index (χ3n) is 3.14. The molecule has 0 aromatic rings. The summed E-state index contributed by atoms with van der Waals surface area (Å²) in [5, 5.41) is 12.2. The molecule has 0 saturated heterocycles. The van der Waals surface area contributed by atoms with Crippen molar-refractivity contribution in [2.75, 3.05) is 13.2 Å². The summed E-state index contributed by atoms with van der Waals surface area (Å²) in [7, 11) is 0. The minimum absolute atomic E-state index is 0.235. The number of rotatable bonds is 9. The Morgan fingerprint density at radius 3 is 2.69 bits per heavy atom. The summed E-state index contributed by atoms with van der Waals surface area (Å²) in [4.78, 5) is 2.19. The van der Waals surface area contributed by atoms with E-state index in [9.17, 15) is 0 Å². The van der Waals surface area contributed by atoms with E-state index in [1.165, 1.54) is 44.9 Å². The summed E-state index contributed by atoms with van der Waals surface area (Å²) in [6, 6.07) is 0. The molecule has 0 saturated carbocycles. The molecule has 1 unspecified atom stereocenters. The van der Waals surface area contributed by atoms with Crippen LogP contribution in [0.1, 0.15) is 51.9 Å². The molecule has 3 nitrogen and oxygen atoms in total. The molecular formula is C13H26N2O. The number of aliphatic hydroxyl groups excluding tert-OH is 1. The van der Waals surface area contributed by atoms with Crippen molar-refractivity contribution in [2.24, 2.45) is 0 Å². The summed E-state index contributed by atoms with van der Waals surface area (Å²) in [6.07, 6.45) is 13.7. The molecule has 0 aromatic carbocycles. The Hall–Kier alpha value is -0.700. The SMILES string of the molecule is CCCCCCCCC1NC=CN1CCO. The molecule has 0 aromatic heterocycles. The van der Waals surface area contributed by atoms with Gasteiger partial charge in [-0.3, -0.25) is 0 Å². The predicted octanol–water partition coefficient (Wildman–Crippen LogP) is 2.43. The van der Waals surface area contributed by atoms with Crippen LogP contribution >= 0.6 is 0 Å². The van der Waals surface area contributed by atoms with Gasteiger partial charge in [-0.25, -0.2) is 0 Å². The normalized spacial score (nSPS) is 19.1. The van der Waals surface area contributed by atoms with Crippen molar-refractivity contribution in [1.29, 1.82) is 0 Å². The van der Waals surface area contributed by atoms with Crippen LogP contribution in [0.3, 0.4) is 0 Å². The van der Waals surface area contributed by atoms with E-state index < -0.39 is 0 Å². The maximum atomic E-state index is 8.91. The predicted molar refractivity (Wildman–Crippen MR) is 67.8 cm³/mol. The van der Waals surface area contributed by atoms with Crippen LogP contribution in [0, 0.1) is 0 Å². The zero-order chi connectivity index (χ0) is 11.6. The zero-order valence-corrected chi connectivity index (χ0v) is 10.5. The van der Waals surface area contributed by atoms with Crippen LogP contribution in [0.2, 0.25) is 0 Å². The summed E-state index contributed by atoms with van der Waals surface area (Å²) in [5.74, 6) is 0. The molecular weight excluding hydrogens is 200 g/mol. The Morgan fingerprint density at radius 2 is 1.94 bits per heavy atom. The molecule has 1 atom stereocenters. The van der Waals surface area contributed by atoms with Gasteiger partial charge in [0.25, 0.3) is 0 Å². The highest BCUT2D eigenvalue weighted by Crippen LogP contribution is 2.13. The largest absolute Gasteiger partial charge is 0.395 e. The molecule has 2 N–H and O–H groups in total. The fraction of sp³-hybridized carbons (Fsp3) is 0.846. The Balaban J connectivity index is 2.00. The standard InChI is InChI=1S/C13H26N2O/c1-2-3-4-5-6-7-8-13-14-9-10-15(13)11-12-16/h9-10,13-14,16H,2-8,11-12H2,1H3. The van der Waals surface area contributed by atoms with Gasteiger partial charge in [0.1, 0.15) is 0 Å². The first kappa shape index (κ1) is 13.4. The zero-order valence-electron chi connectivity index (χ0n) is 10.5. The highest BCUT2D eigenvalue weighted by atomic mass is 16.3. The summed E-state index contributed by atoms with van der Waals surface area (Å²) in [5.41, 5.74) is 0. The first-order valence-corrected chi connectivity index (χ1v) is 6.67. The van der Waals surface area contributed by atoms with E-state index >= 15 is 0 Å². The van der Waals surface area contributed by atoms with E-state index in [-0.39, 0.29) is 6.61 Å². The monoisotopic (exact) mass is 226 g/mol. The average Bonchev–Trinajstić information content (AvgIpc) is 2.72. The molecule has 1 rings (SSSR count). The number of unbranched alkanes of at least 4 members (excludes halogenated alkanes) is 5. The molecule has 16 heavy (non-hydrogen) atoms. The maximum Gasteiger partial charge on any atom is 0.0982 e. The van der Waals surface area contributed by atoms with Crippen LogP contribution in [0.15, 0.2) is 12.4 Å². The lowest BCUT2D eigenvalue weighted by Gasteiger charge is -2.24. The van der Waals surface area contributed by atoms with Crippen LogP contribution < -0.4 is 5.32 Å². The minimum Gasteiger partial charge on any atom is -0.395 e. The minimum atomic E-state index is 0.235. The average molecular weight is 226 g/mol. The fourth-order valence-electron chi connectivity index (χ4n) is 2.16. The van der Waals surface area contributed by atoms with Crippen LogP contribution in [0.25, 0.3) is 0 Å². The van der Waals surface area contributed by atoms with Crippen molar-refractivity contribution in [2.45, 2.75) is 58.0 Å². The van der Waals surface area contributed by atoms with Gasteiger partial charge in [0, 0.05) is 18.9 Å². The second-order valence-electron chi connectivity index (χ2n) is 4.52. The van der Waals surface area contributed by atoms with Gasteiger partial charge in [0.05, 0.1) is 12.8 Å². The molecule has 1 heterocycles. The van der Waals surface area contributed by atoms with Crippen LogP contribution in [-0.2, 0) is 0 Å². The molecule has 1 aliphatic rings. The first-order chi connectivity index (χ1) is 7.88. The Morgan fingerprint density at radius 1 is 1.19 bits per heavy atom. The van der Waals surface area contributed by atoms with Gasteiger partial charge >= 0.3 is 0 Å². The molecule has 0 fully saturated rings. The van der Waals surface area contributed by atoms with Gasteiger partial charge in [-0.2, -0.15) is 0 Å². The van der Waals surface area contributed by atoms with Gasteiger partial charge in [0.15, 0.2) is 0 Å². The lowest BCUT2D eigenvalue weighted by Crippen LogP contribution is -2.36. The van der Waals surface area contributed by atoms with Crippen molar-refractivity contribution >= 4 is 0 Å². The van der Waals surface area contributed by atoms with Gasteiger partial charge in [-0.15, -0.1) is 0 Å². The van der Waals surface area contributed by atoms with E-state index in [4.69, 9.17) is 5.11 Å². The molecule has 0 spiro atoms. The molecule has 0 amide bonds. The number of hydrogen-bond donors (Lipinski definition) is 2. The fourth-order valence-corrected chi connectivity index (χ4v) is 2.16. The van der Waals surface area contributed by atoms with Crippen molar-refractivity contribution in [1.82, 2.24) is 10.2 Å². The lowest BCUT2D eigenvalue weighted by molar-refractivity contribution is 0.194. The van der Waals surface area contributed by atoms with Gasteiger partial charge in [-0.1, -0.05) is 39.0 Å². The Labute approximate surface area is 99.5 Å². The summed E-state index contributed by atoms with van der Waals surface area (Å²) in [6.45, 7) is 3.23. The Bertz CT molecular complexity index is 194. The van der Waals surface area contributed by atoms with E-state index in [1.54, 1.807) is 0 Å². The number of nitrogens with zero attached hydrogens (tertiary/aromatic N) is 1. The van der Waals surface area contributed by atoms with E-state index in [1.807, 2.05) is 12.4 Å². The van der Waals surface area contributed by atoms with E-state index in [0.29, 0.717) is 6.17 Å². The number of nitrogens with one attached hydrogen (secondary N) is 1. The van der Waals surface area contributed by atoms with Crippen LogP contribution in [0.4, 0.5) is 0 Å². The first-order valence-electron chi connectivity index (χ1n) is 6.67. The van der Waals surface area contributed by atoms with Crippen LogP contribution in [-0.4, -0.2) is 29.3 Å². The third-order valence-corrected chi connectivity index (χ3v) is 3.14. The molecule has 3 heteroatoms. The highest BCUT2D eigenvalue weighted by Gasteiger charge is 2.16. The quantitative estimate of drug-likeness (QED) is 0.593. The third kappa shape index (κ3) is 4.88. The molecule has 94 valence electrons. The molecule has 1 aliphatic heterocycles. The van der Waals surface area contributed by atoms with Crippen molar-refractivity contribution in [3.63, 3.8) is 0 Å². The van der Waals surface area contributed by atoms with Crippen molar-refractivity contribution in [3.8, 4) is 0 Å². The van der Waals surface area contributed by atoms with Crippen LogP contribution in [0.5, 0.6) is 0 Å². The smallest absolute Gasteiger partial charge is 0.0982 e.